The molecule has 6 heteroatoms. The maximum absolute atomic E-state index is 12.9. The molecule has 0 radical (unpaired) electrons. The first-order valence-corrected chi connectivity index (χ1v) is 11.3. The molecule has 3 aliphatic rings. The fraction of sp³-hybridized carbons (Fsp3) is 0.440. The molecule has 0 N–H and O–H groups in total. The van der Waals surface area contributed by atoms with Crippen molar-refractivity contribution >= 4 is 11.8 Å². The van der Waals surface area contributed by atoms with Gasteiger partial charge in [-0.15, -0.1) is 0 Å². The van der Waals surface area contributed by atoms with E-state index in [0.717, 1.165) is 75.6 Å². The highest BCUT2D eigenvalue weighted by atomic mass is 16.5. The average molecular weight is 420 g/mol. The lowest BCUT2D eigenvalue weighted by molar-refractivity contribution is -0.128. The number of ether oxygens (including phenoxy) is 1. The molecule has 0 aromatic heterocycles. The quantitative estimate of drug-likeness (QED) is 0.748. The summed E-state index contributed by atoms with van der Waals surface area (Å²) in [6.07, 6.45) is 2.60. The van der Waals surface area contributed by atoms with Crippen LogP contribution >= 0.6 is 0 Å². The van der Waals surface area contributed by atoms with E-state index in [1.807, 2.05) is 34.1 Å². The summed E-state index contributed by atoms with van der Waals surface area (Å²) < 4.78 is 5.60. The van der Waals surface area contributed by atoms with Crippen LogP contribution < -0.4 is 4.74 Å². The van der Waals surface area contributed by atoms with Gasteiger partial charge in [0.1, 0.15) is 5.75 Å². The molecule has 31 heavy (non-hydrogen) atoms. The van der Waals surface area contributed by atoms with Crippen LogP contribution in [0.2, 0.25) is 0 Å². The normalized spacial score (nSPS) is 18.9. The lowest BCUT2D eigenvalue weighted by atomic mass is 10.1. The first kappa shape index (κ1) is 20.1. The number of amides is 2. The van der Waals surface area contributed by atoms with Gasteiger partial charge in [-0.1, -0.05) is 24.3 Å². The first-order valence-electron chi connectivity index (χ1n) is 11.3. The summed E-state index contributed by atoms with van der Waals surface area (Å²) in [7, 11) is 0. The number of hydrogen-bond acceptors (Lipinski definition) is 4. The zero-order chi connectivity index (χ0) is 21.2. The summed E-state index contributed by atoms with van der Waals surface area (Å²) in [6.45, 7) is 6.44. The third kappa shape index (κ3) is 4.44. The highest BCUT2D eigenvalue weighted by Gasteiger charge is 2.23. The molecule has 2 saturated heterocycles. The lowest BCUT2D eigenvalue weighted by Gasteiger charge is -2.35. The number of carbonyl (C=O) groups excluding carboxylic acids is 2. The van der Waals surface area contributed by atoms with Crippen LogP contribution in [0.1, 0.15) is 39.9 Å². The van der Waals surface area contributed by atoms with Crippen molar-refractivity contribution < 1.29 is 14.3 Å². The van der Waals surface area contributed by atoms with Gasteiger partial charge >= 0.3 is 0 Å². The number of benzene rings is 2. The Hall–Kier alpha value is -2.86. The van der Waals surface area contributed by atoms with Gasteiger partial charge in [0.2, 0.25) is 5.91 Å². The third-order valence-corrected chi connectivity index (χ3v) is 6.57. The number of hydrogen-bond donors (Lipinski definition) is 0. The number of likely N-dealkylation sites (tertiary alicyclic amines) is 1. The van der Waals surface area contributed by atoms with Crippen molar-refractivity contribution in [3.8, 4) is 5.75 Å². The zero-order valence-corrected chi connectivity index (χ0v) is 17.9. The third-order valence-electron chi connectivity index (χ3n) is 6.57. The Morgan fingerprint density at radius 1 is 0.871 bits per heavy atom. The molecule has 162 valence electrons. The van der Waals surface area contributed by atoms with Crippen molar-refractivity contribution in [1.82, 2.24) is 14.7 Å². The molecular formula is C25H29N3O3. The second-order valence-electron chi connectivity index (χ2n) is 8.72. The Morgan fingerprint density at radius 2 is 1.65 bits per heavy atom. The van der Waals surface area contributed by atoms with Crippen molar-refractivity contribution in [2.45, 2.75) is 32.4 Å². The fourth-order valence-electron chi connectivity index (χ4n) is 4.73. The Morgan fingerprint density at radius 3 is 2.39 bits per heavy atom. The molecule has 2 aromatic carbocycles. The van der Waals surface area contributed by atoms with Gasteiger partial charge in [-0.25, -0.2) is 0 Å². The van der Waals surface area contributed by atoms with Gasteiger partial charge in [-0.05, 0) is 41.3 Å². The highest BCUT2D eigenvalue weighted by Crippen LogP contribution is 2.26. The van der Waals surface area contributed by atoms with Crippen molar-refractivity contribution in [2.24, 2.45) is 0 Å². The van der Waals surface area contributed by atoms with Gasteiger partial charge < -0.3 is 14.5 Å². The van der Waals surface area contributed by atoms with Crippen LogP contribution in [0.15, 0.2) is 42.5 Å². The fourth-order valence-corrected chi connectivity index (χ4v) is 4.73. The molecule has 0 bridgehead atoms. The summed E-state index contributed by atoms with van der Waals surface area (Å²) in [4.78, 5) is 31.0. The van der Waals surface area contributed by atoms with Crippen molar-refractivity contribution in [3.63, 3.8) is 0 Å². The second kappa shape index (κ2) is 8.71. The largest absolute Gasteiger partial charge is 0.493 e. The van der Waals surface area contributed by atoms with Gasteiger partial charge in [0.05, 0.1) is 6.61 Å². The molecular weight excluding hydrogens is 390 g/mol. The molecule has 2 amide bonds. The number of nitrogens with zero attached hydrogens (tertiary/aromatic N) is 3. The van der Waals surface area contributed by atoms with Gasteiger partial charge in [0.25, 0.3) is 5.91 Å². The molecule has 0 atom stereocenters. The van der Waals surface area contributed by atoms with E-state index in [4.69, 9.17) is 4.74 Å². The summed E-state index contributed by atoms with van der Waals surface area (Å²) in [6, 6.07) is 14.3. The van der Waals surface area contributed by atoms with E-state index in [1.54, 1.807) is 0 Å². The van der Waals surface area contributed by atoms with Gasteiger partial charge in [0.15, 0.2) is 0 Å². The topological polar surface area (TPSA) is 53.1 Å². The predicted molar refractivity (Wildman–Crippen MR) is 118 cm³/mol. The highest BCUT2D eigenvalue weighted by molar-refractivity contribution is 5.94. The van der Waals surface area contributed by atoms with Gasteiger partial charge in [-0.2, -0.15) is 0 Å². The number of fused-ring (bicyclic) bond motifs is 1. The first-order chi connectivity index (χ1) is 15.2. The monoisotopic (exact) mass is 419 g/mol. The molecule has 0 saturated carbocycles. The van der Waals surface area contributed by atoms with E-state index in [1.165, 1.54) is 11.1 Å². The lowest BCUT2D eigenvalue weighted by Crippen LogP contribution is -2.48. The van der Waals surface area contributed by atoms with Crippen molar-refractivity contribution in [2.75, 3.05) is 39.3 Å². The molecule has 2 fully saturated rings. The molecule has 0 unspecified atom stereocenters. The SMILES string of the molecule is O=C1CCCN1Cc1ccc(C(=O)N2CCN(Cc3ccc4c(c3)CCO4)CC2)cc1. The van der Waals surface area contributed by atoms with Crippen LogP contribution in [-0.4, -0.2) is 65.8 Å². The Balaban J connectivity index is 1.13. The molecule has 0 spiro atoms. The van der Waals surface area contributed by atoms with Gasteiger partial charge in [-0.3, -0.25) is 14.5 Å². The maximum Gasteiger partial charge on any atom is 0.253 e. The molecule has 3 heterocycles. The van der Waals surface area contributed by atoms with E-state index in [0.29, 0.717) is 13.0 Å². The Kier molecular flexibility index (Phi) is 5.64. The Bertz CT molecular complexity index is 964. The van der Waals surface area contributed by atoms with Crippen molar-refractivity contribution in [3.05, 3.63) is 64.7 Å². The molecule has 0 aliphatic carbocycles. The predicted octanol–water partition coefficient (Wildman–Crippen LogP) is 2.70. The summed E-state index contributed by atoms with van der Waals surface area (Å²) in [5.41, 5.74) is 4.43. The van der Waals surface area contributed by atoms with Crippen LogP contribution in [0.25, 0.3) is 0 Å². The van der Waals surface area contributed by atoms with E-state index >= 15 is 0 Å². The molecule has 3 aliphatic heterocycles. The number of rotatable bonds is 5. The molecule has 5 rings (SSSR count). The minimum Gasteiger partial charge on any atom is -0.493 e. The van der Waals surface area contributed by atoms with E-state index in [2.05, 4.69) is 23.1 Å². The number of carbonyl (C=O) groups is 2. The summed E-state index contributed by atoms with van der Waals surface area (Å²) in [5.74, 6) is 1.35. The number of piperazine rings is 1. The van der Waals surface area contributed by atoms with E-state index in [9.17, 15) is 9.59 Å². The van der Waals surface area contributed by atoms with Crippen LogP contribution in [0.5, 0.6) is 5.75 Å². The zero-order valence-electron chi connectivity index (χ0n) is 17.9. The molecule has 6 nitrogen and oxygen atoms in total. The van der Waals surface area contributed by atoms with Gasteiger partial charge in [0, 0.05) is 64.2 Å². The van der Waals surface area contributed by atoms with Crippen LogP contribution in [0.4, 0.5) is 0 Å². The minimum absolute atomic E-state index is 0.0955. The Labute approximate surface area is 183 Å². The van der Waals surface area contributed by atoms with Crippen molar-refractivity contribution in [1.29, 1.82) is 0 Å². The average Bonchev–Trinajstić information content (AvgIpc) is 3.43. The van der Waals surface area contributed by atoms with E-state index < -0.39 is 0 Å². The van der Waals surface area contributed by atoms with Crippen LogP contribution in [0, 0.1) is 0 Å². The smallest absolute Gasteiger partial charge is 0.253 e. The van der Waals surface area contributed by atoms with E-state index in [-0.39, 0.29) is 11.8 Å². The minimum atomic E-state index is 0.0955. The summed E-state index contributed by atoms with van der Waals surface area (Å²) >= 11 is 0. The second-order valence-corrected chi connectivity index (χ2v) is 8.72. The maximum atomic E-state index is 12.9. The molecule has 2 aromatic rings. The van der Waals surface area contributed by atoms with Crippen LogP contribution in [-0.2, 0) is 24.3 Å². The van der Waals surface area contributed by atoms with Crippen LogP contribution in [0.3, 0.4) is 0 Å². The summed E-state index contributed by atoms with van der Waals surface area (Å²) in [5, 5.41) is 0. The standard InChI is InChI=1S/C25H29N3O3/c29-24-2-1-10-28(24)18-19-3-6-21(7-4-19)25(30)27-13-11-26(12-14-27)17-20-5-8-23-22(16-20)9-15-31-23/h3-8,16H,1-2,9-15,17-18H2.